The Balaban J connectivity index is 3.10. The molecule has 14 heavy (non-hydrogen) atoms. The molecule has 74 valence electrons. The summed E-state index contributed by atoms with van der Waals surface area (Å²) in [5.74, 6) is -0.455. The van der Waals surface area contributed by atoms with E-state index in [9.17, 15) is 4.39 Å². The standard InChI is InChI=1S/C10H10ClFN2/c1-6-4-7(10(14)2-3-13)9(12)5-8(6)11/h4-5,10H,2,14H2,1H3. The van der Waals surface area contributed by atoms with E-state index in [-0.39, 0.29) is 6.42 Å². The zero-order valence-electron chi connectivity index (χ0n) is 7.72. The van der Waals surface area contributed by atoms with Gasteiger partial charge in [-0.25, -0.2) is 4.39 Å². The zero-order valence-corrected chi connectivity index (χ0v) is 8.48. The van der Waals surface area contributed by atoms with Crippen molar-refractivity contribution in [2.45, 2.75) is 19.4 Å². The molecule has 0 spiro atoms. The van der Waals surface area contributed by atoms with Crippen molar-refractivity contribution >= 4 is 11.6 Å². The number of nitriles is 1. The van der Waals surface area contributed by atoms with Gasteiger partial charge in [0.25, 0.3) is 0 Å². The van der Waals surface area contributed by atoms with Crippen LogP contribution in [0.5, 0.6) is 0 Å². The molecule has 0 radical (unpaired) electrons. The Morgan fingerprint density at radius 1 is 1.64 bits per heavy atom. The molecule has 0 saturated carbocycles. The third-order valence-corrected chi connectivity index (χ3v) is 2.40. The van der Waals surface area contributed by atoms with Crippen LogP contribution >= 0.6 is 11.6 Å². The normalized spacial score (nSPS) is 12.2. The predicted octanol–water partition coefficient (Wildman–Crippen LogP) is 2.70. The summed E-state index contributed by atoms with van der Waals surface area (Å²) in [7, 11) is 0. The SMILES string of the molecule is Cc1cc(C(N)CC#N)c(F)cc1Cl. The van der Waals surface area contributed by atoms with Crippen LogP contribution < -0.4 is 5.73 Å². The summed E-state index contributed by atoms with van der Waals surface area (Å²) in [4.78, 5) is 0. The number of nitrogens with two attached hydrogens (primary N) is 1. The minimum atomic E-state index is -0.587. The predicted molar refractivity (Wildman–Crippen MR) is 53.3 cm³/mol. The number of hydrogen-bond acceptors (Lipinski definition) is 2. The van der Waals surface area contributed by atoms with E-state index >= 15 is 0 Å². The molecule has 0 aromatic heterocycles. The zero-order chi connectivity index (χ0) is 10.7. The first kappa shape index (κ1) is 11.0. The van der Waals surface area contributed by atoms with Crippen LogP contribution in [0.25, 0.3) is 0 Å². The first-order valence-electron chi connectivity index (χ1n) is 4.14. The van der Waals surface area contributed by atoms with E-state index in [1.165, 1.54) is 6.07 Å². The van der Waals surface area contributed by atoms with E-state index in [0.717, 1.165) is 5.56 Å². The average Bonchev–Trinajstić information content (AvgIpc) is 2.11. The molecule has 4 heteroatoms. The van der Waals surface area contributed by atoms with Crippen molar-refractivity contribution in [2.24, 2.45) is 5.73 Å². The molecule has 0 heterocycles. The van der Waals surface area contributed by atoms with Gasteiger partial charge < -0.3 is 5.73 Å². The smallest absolute Gasteiger partial charge is 0.129 e. The molecule has 1 unspecified atom stereocenters. The van der Waals surface area contributed by atoms with Crippen LogP contribution in [0, 0.1) is 24.1 Å². The first-order chi connectivity index (χ1) is 6.56. The maximum atomic E-state index is 13.3. The van der Waals surface area contributed by atoms with Crippen molar-refractivity contribution in [3.05, 3.63) is 34.1 Å². The molecular formula is C10H10ClFN2. The molecule has 1 rings (SSSR count). The van der Waals surface area contributed by atoms with Gasteiger partial charge in [0, 0.05) is 16.6 Å². The number of hydrogen-bond donors (Lipinski definition) is 1. The average molecular weight is 213 g/mol. The molecule has 1 aromatic rings. The van der Waals surface area contributed by atoms with Crippen LogP contribution in [0.15, 0.2) is 12.1 Å². The summed E-state index contributed by atoms with van der Waals surface area (Å²) in [6.07, 6.45) is 0.0952. The summed E-state index contributed by atoms with van der Waals surface area (Å²) in [6.45, 7) is 1.77. The minimum Gasteiger partial charge on any atom is -0.323 e. The summed E-state index contributed by atoms with van der Waals surface area (Å²) >= 11 is 5.72. The highest BCUT2D eigenvalue weighted by Gasteiger charge is 2.12. The monoisotopic (exact) mass is 212 g/mol. The Morgan fingerprint density at radius 3 is 2.86 bits per heavy atom. The van der Waals surface area contributed by atoms with Crippen molar-refractivity contribution < 1.29 is 4.39 Å². The Morgan fingerprint density at radius 2 is 2.29 bits per heavy atom. The highest BCUT2D eigenvalue weighted by molar-refractivity contribution is 6.31. The van der Waals surface area contributed by atoms with Crippen molar-refractivity contribution in [1.29, 1.82) is 5.26 Å². The van der Waals surface area contributed by atoms with E-state index < -0.39 is 11.9 Å². The summed E-state index contributed by atoms with van der Waals surface area (Å²) in [5, 5.41) is 8.81. The topological polar surface area (TPSA) is 49.8 Å². The van der Waals surface area contributed by atoms with Crippen molar-refractivity contribution in [1.82, 2.24) is 0 Å². The Kier molecular flexibility index (Phi) is 3.45. The molecule has 0 fully saturated rings. The highest BCUT2D eigenvalue weighted by Crippen LogP contribution is 2.24. The van der Waals surface area contributed by atoms with E-state index in [1.807, 2.05) is 6.07 Å². The lowest BCUT2D eigenvalue weighted by atomic mass is 10.0. The highest BCUT2D eigenvalue weighted by atomic mass is 35.5. The number of benzene rings is 1. The molecule has 1 atom stereocenters. The number of nitrogens with zero attached hydrogens (tertiary/aromatic N) is 1. The third kappa shape index (κ3) is 2.22. The van der Waals surface area contributed by atoms with Crippen LogP contribution in [0.4, 0.5) is 4.39 Å². The van der Waals surface area contributed by atoms with E-state index in [0.29, 0.717) is 10.6 Å². The van der Waals surface area contributed by atoms with Gasteiger partial charge in [0.15, 0.2) is 0 Å². The number of halogens is 2. The minimum absolute atomic E-state index is 0.0952. The Hall–Kier alpha value is -1.11. The van der Waals surface area contributed by atoms with Crippen LogP contribution in [-0.2, 0) is 0 Å². The quantitative estimate of drug-likeness (QED) is 0.820. The van der Waals surface area contributed by atoms with Crippen LogP contribution in [-0.4, -0.2) is 0 Å². The van der Waals surface area contributed by atoms with Gasteiger partial charge in [-0.3, -0.25) is 0 Å². The van der Waals surface area contributed by atoms with Gasteiger partial charge in [0.2, 0.25) is 0 Å². The van der Waals surface area contributed by atoms with Crippen LogP contribution in [0.2, 0.25) is 5.02 Å². The molecule has 2 nitrogen and oxygen atoms in total. The molecular weight excluding hydrogens is 203 g/mol. The largest absolute Gasteiger partial charge is 0.323 e. The molecule has 0 amide bonds. The second-order valence-electron chi connectivity index (χ2n) is 3.09. The van der Waals surface area contributed by atoms with Gasteiger partial charge >= 0.3 is 0 Å². The van der Waals surface area contributed by atoms with Gasteiger partial charge in [-0.15, -0.1) is 0 Å². The lowest BCUT2D eigenvalue weighted by Gasteiger charge is -2.10. The molecule has 0 saturated heterocycles. The second-order valence-corrected chi connectivity index (χ2v) is 3.50. The van der Waals surface area contributed by atoms with Crippen molar-refractivity contribution in [3.63, 3.8) is 0 Å². The van der Waals surface area contributed by atoms with Crippen molar-refractivity contribution in [2.75, 3.05) is 0 Å². The third-order valence-electron chi connectivity index (χ3n) is 1.99. The number of aryl methyl sites for hydroxylation is 1. The maximum Gasteiger partial charge on any atom is 0.129 e. The Labute approximate surface area is 87.1 Å². The maximum absolute atomic E-state index is 13.3. The van der Waals surface area contributed by atoms with Gasteiger partial charge in [0.1, 0.15) is 5.82 Å². The summed E-state index contributed by atoms with van der Waals surface area (Å²) < 4.78 is 13.3. The number of rotatable bonds is 2. The molecule has 2 N–H and O–H groups in total. The molecule has 0 bridgehead atoms. The van der Waals surface area contributed by atoms with Crippen molar-refractivity contribution in [3.8, 4) is 6.07 Å². The van der Waals surface area contributed by atoms with Gasteiger partial charge in [0.05, 0.1) is 12.5 Å². The summed E-state index contributed by atoms with van der Waals surface area (Å²) in [5.41, 5.74) is 6.72. The second kappa shape index (κ2) is 4.41. The van der Waals surface area contributed by atoms with E-state index in [1.54, 1.807) is 13.0 Å². The Bertz CT molecular complexity index is 384. The van der Waals surface area contributed by atoms with Gasteiger partial charge in [-0.2, -0.15) is 5.26 Å². The lowest BCUT2D eigenvalue weighted by molar-refractivity contribution is 0.584. The first-order valence-corrected chi connectivity index (χ1v) is 4.52. The fraction of sp³-hybridized carbons (Fsp3) is 0.300. The molecule has 0 aliphatic heterocycles. The molecule has 1 aromatic carbocycles. The summed E-state index contributed by atoms with van der Waals surface area (Å²) in [6, 6.07) is 4.12. The molecule has 0 aliphatic rings. The lowest BCUT2D eigenvalue weighted by Crippen LogP contribution is -2.11. The fourth-order valence-corrected chi connectivity index (χ4v) is 1.32. The fourth-order valence-electron chi connectivity index (χ4n) is 1.17. The van der Waals surface area contributed by atoms with Gasteiger partial charge in [-0.1, -0.05) is 17.7 Å². The van der Waals surface area contributed by atoms with E-state index in [4.69, 9.17) is 22.6 Å². The van der Waals surface area contributed by atoms with E-state index in [2.05, 4.69) is 0 Å². The van der Waals surface area contributed by atoms with Crippen LogP contribution in [0.1, 0.15) is 23.6 Å². The van der Waals surface area contributed by atoms with Gasteiger partial charge in [-0.05, 0) is 18.6 Å². The van der Waals surface area contributed by atoms with Crippen LogP contribution in [0.3, 0.4) is 0 Å². The molecule has 0 aliphatic carbocycles.